The maximum absolute atomic E-state index is 9.76. The molecule has 0 fully saturated rings. The number of benzene rings is 7. The summed E-state index contributed by atoms with van der Waals surface area (Å²) in [6.45, 7) is 0. The Kier molecular flexibility index (Phi) is 3.13. The summed E-state index contributed by atoms with van der Waals surface area (Å²) in [6, 6.07) is -5.07. The standard InChI is InChI=1S/C43H27N3O/c1-4-12-28(13-5-1)31-20-21-33-25-34(23-22-32(33)24-31)42-44-41(30-16-8-3-9-17-30)45-43(46-42)37-26-35(29-14-6-2-7-15-29)27-39-40(37)36-18-10-11-19-38(36)47-39/h1-27H/i1D,2D,3D,4D,5D,6D,7D,8D,9D,10D,11D,12D,13D,14D,15D,16D,17D,18D,19D,26D,27D. The van der Waals surface area contributed by atoms with Gasteiger partial charge in [0.15, 0.2) is 17.5 Å². The molecule has 220 valence electrons. The number of fused-ring (bicyclic) bond motifs is 4. The van der Waals surface area contributed by atoms with Gasteiger partial charge in [-0.3, -0.25) is 0 Å². The summed E-state index contributed by atoms with van der Waals surface area (Å²) in [4.78, 5) is 13.8. The van der Waals surface area contributed by atoms with Crippen LogP contribution in [-0.2, 0) is 0 Å². The highest BCUT2D eigenvalue weighted by atomic mass is 16.3. The Morgan fingerprint density at radius 3 is 1.66 bits per heavy atom. The second-order valence-electron chi connectivity index (χ2n) is 10.1. The quantitative estimate of drug-likeness (QED) is 0.192. The Morgan fingerprint density at radius 2 is 0.957 bits per heavy atom. The van der Waals surface area contributed by atoms with Gasteiger partial charge >= 0.3 is 0 Å². The summed E-state index contributed by atoms with van der Waals surface area (Å²) in [5.41, 5.74) is -2.76. The molecule has 0 radical (unpaired) electrons. The van der Waals surface area contributed by atoms with Crippen LogP contribution in [0.3, 0.4) is 0 Å². The minimum absolute atomic E-state index is 0.0387. The monoisotopic (exact) mass is 622 g/mol. The lowest BCUT2D eigenvalue weighted by molar-refractivity contribution is 0.669. The molecule has 7 aromatic carbocycles. The molecular formula is C43H27N3O. The van der Waals surface area contributed by atoms with Crippen LogP contribution in [0.1, 0.15) is 28.8 Å². The van der Waals surface area contributed by atoms with Gasteiger partial charge in [0.05, 0.1) is 28.8 Å². The van der Waals surface area contributed by atoms with E-state index in [0.717, 1.165) is 0 Å². The molecule has 0 amide bonds. The van der Waals surface area contributed by atoms with Gasteiger partial charge in [-0.15, -0.1) is 0 Å². The predicted octanol–water partition coefficient (Wildman–Crippen LogP) is 11.3. The Bertz CT molecular complexity index is 3690. The van der Waals surface area contributed by atoms with E-state index in [4.69, 9.17) is 35.4 Å². The molecule has 0 N–H and O–H groups in total. The smallest absolute Gasteiger partial charge is 0.164 e. The molecule has 4 heteroatoms. The minimum Gasteiger partial charge on any atom is -0.456 e. The normalized spacial score (nSPS) is 17.7. The third kappa shape index (κ3) is 4.93. The van der Waals surface area contributed by atoms with E-state index in [1.165, 1.54) is 12.1 Å². The first-order valence-electron chi connectivity index (χ1n) is 24.5. The Balaban J connectivity index is 1.41. The molecule has 0 bridgehead atoms. The molecule has 2 heterocycles. The summed E-state index contributed by atoms with van der Waals surface area (Å²) in [6.07, 6.45) is 0. The molecule has 47 heavy (non-hydrogen) atoms. The lowest BCUT2D eigenvalue weighted by atomic mass is 9.98. The van der Waals surface area contributed by atoms with Crippen molar-refractivity contribution in [3.63, 3.8) is 0 Å². The summed E-state index contributed by atoms with van der Waals surface area (Å²) < 4.78 is 186. The number of para-hydroxylation sites is 1. The van der Waals surface area contributed by atoms with Gasteiger partial charge in [-0.25, -0.2) is 15.0 Å². The van der Waals surface area contributed by atoms with E-state index in [0.29, 0.717) is 16.3 Å². The summed E-state index contributed by atoms with van der Waals surface area (Å²) in [5, 5.41) is 0.331. The van der Waals surface area contributed by atoms with Crippen LogP contribution in [-0.4, -0.2) is 15.0 Å². The number of rotatable bonds is 5. The number of furan rings is 1. The summed E-state index contributed by atoms with van der Waals surface area (Å²) in [5.74, 6) is -1.35. The fourth-order valence-electron chi connectivity index (χ4n) is 5.17. The van der Waals surface area contributed by atoms with Crippen molar-refractivity contribution in [1.82, 2.24) is 15.0 Å². The lowest BCUT2D eigenvalue weighted by Crippen LogP contribution is -2.00. The van der Waals surface area contributed by atoms with Crippen LogP contribution < -0.4 is 0 Å². The molecule has 0 aliphatic carbocycles. The maximum Gasteiger partial charge on any atom is 0.164 e. The highest BCUT2D eigenvalue weighted by Gasteiger charge is 2.19. The highest BCUT2D eigenvalue weighted by molar-refractivity contribution is 6.13. The fraction of sp³-hybridized carbons (Fsp3) is 0. The minimum atomic E-state index is -0.814. The molecule has 9 rings (SSSR count). The van der Waals surface area contributed by atoms with Crippen molar-refractivity contribution in [3.8, 4) is 56.4 Å². The molecule has 4 nitrogen and oxygen atoms in total. The van der Waals surface area contributed by atoms with Crippen molar-refractivity contribution < 1.29 is 33.2 Å². The lowest BCUT2D eigenvalue weighted by Gasteiger charge is -2.12. The van der Waals surface area contributed by atoms with Gasteiger partial charge in [-0.05, 0) is 63.3 Å². The van der Waals surface area contributed by atoms with Crippen molar-refractivity contribution in [2.75, 3.05) is 0 Å². The Labute approximate surface area is 301 Å². The Morgan fingerprint density at radius 1 is 0.426 bits per heavy atom. The van der Waals surface area contributed by atoms with Crippen molar-refractivity contribution >= 4 is 32.7 Å². The first kappa shape index (κ1) is 13.1. The van der Waals surface area contributed by atoms with Crippen LogP contribution in [0.5, 0.6) is 0 Å². The van der Waals surface area contributed by atoms with E-state index in [1.54, 1.807) is 24.3 Å². The fourth-order valence-corrected chi connectivity index (χ4v) is 5.17. The largest absolute Gasteiger partial charge is 0.456 e. The zero-order chi connectivity index (χ0) is 49.4. The second-order valence-corrected chi connectivity index (χ2v) is 10.1. The van der Waals surface area contributed by atoms with Gasteiger partial charge in [0.2, 0.25) is 0 Å². The zero-order valence-corrected chi connectivity index (χ0v) is 23.7. The van der Waals surface area contributed by atoms with Crippen LogP contribution >= 0.6 is 0 Å². The predicted molar refractivity (Wildman–Crippen MR) is 192 cm³/mol. The average molecular weight is 623 g/mol. The third-order valence-electron chi connectivity index (χ3n) is 7.29. The van der Waals surface area contributed by atoms with Crippen molar-refractivity contribution in [2.24, 2.45) is 0 Å². The molecule has 0 aliphatic heterocycles. The van der Waals surface area contributed by atoms with E-state index >= 15 is 0 Å². The van der Waals surface area contributed by atoms with E-state index in [1.807, 2.05) is 0 Å². The molecule has 0 unspecified atom stereocenters. The van der Waals surface area contributed by atoms with Gasteiger partial charge < -0.3 is 4.42 Å². The topological polar surface area (TPSA) is 51.8 Å². The van der Waals surface area contributed by atoms with Gasteiger partial charge in [-0.1, -0.05) is 133 Å². The van der Waals surface area contributed by atoms with E-state index < -0.39 is 172 Å². The third-order valence-corrected chi connectivity index (χ3v) is 7.29. The van der Waals surface area contributed by atoms with E-state index in [9.17, 15) is 2.74 Å². The van der Waals surface area contributed by atoms with Gasteiger partial charge in [0, 0.05) is 27.5 Å². The van der Waals surface area contributed by atoms with E-state index in [-0.39, 0.29) is 27.7 Å². The molecule has 0 saturated heterocycles. The van der Waals surface area contributed by atoms with E-state index in [2.05, 4.69) is 9.97 Å². The molecular weight excluding hydrogens is 574 g/mol. The summed E-state index contributed by atoms with van der Waals surface area (Å²) in [7, 11) is 0. The zero-order valence-electron chi connectivity index (χ0n) is 44.7. The number of hydrogen-bond acceptors (Lipinski definition) is 4. The van der Waals surface area contributed by atoms with Gasteiger partial charge in [0.25, 0.3) is 0 Å². The average Bonchev–Trinajstić information content (AvgIpc) is 3.73. The van der Waals surface area contributed by atoms with Crippen molar-refractivity contribution in [1.29, 1.82) is 0 Å². The first-order valence-corrected chi connectivity index (χ1v) is 14.0. The second kappa shape index (κ2) is 11.2. The SMILES string of the molecule is [2H]c1c([2H])c([2H])c(-c2ccc3cc(-c4nc(-c5c([2H])c([2H])c([2H])c([2H])c5[2H])nc(-c5c([2H])c(-c6c([2H])c([2H])c([2H])c([2H])c6[2H])c([2H])c6oc7c([2H])c([2H])c([2H])c([2H])c7c56)n4)ccc3c2)c([2H])c1[2H]. The van der Waals surface area contributed by atoms with Gasteiger partial charge in [-0.2, -0.15) is 0 Å². The molecule has 0 aliphatic rings. The van der Waals surface area contributed by atoms with Crippen LogP contribution in [0.25, 0.3) is 89.1 Å². The van der Waals surface area contributed by atoms with Crippen molar-refractivity contribution in [2.45, 2.75) is 0 Å². The van der Waals surface area contributed by atoms with Crippen LogP contribution in [0.4, 0.5) is 0 Å². The highest BCUT2D eigenvalue weighted by Crippen LogP contribution is 2.40. The van der Waals surface area contributed by atoms with Gasteiger partial charge in [0.1, 0.15) is 11.2 Å². The number of hydrogen-bond donors (Lipinski definition) is 0. The molecule has 0 spiro atoms. The maximum atomic E-state index is 9.76. The summed E-state index contributed by atoms with van der Waals surface area (Å²) >= 11 is 0. The molecule has 9 aromatic rings. The first-order chi connectivity index (χ1) is 32.0. The number of aromatic nitrogens is 3. The van der Waals surface area contributed by atoms with Crippen LogP contribution in [0.2, 0.25) is 0 Å². The molecule has 0 atom stereocenters. The molecule has 0 saturated carbocycles. The van der Waals surface area contributed by atoms with Crippen LogP contribution in [0, 0.1) is 0 Å². The van der Waals surface area contributed by atoms with Crippen molar-refractivity contribution in [3.05, 3.63) is 163 Å². The number of nitrogens with zero attached hydrogens (tertiary/aromatic N) is 3. The van der Waals surface area contributed by atoms with Crippen LogP contribution in [0.15, 0.2) is 168 Å². The Hall–Kier alpha value is -6.39. The molecule has 2 aromatic heterocycles.